The highest BCUT2D eigenvalue weighted by molar-refractivity contribution is 5.72. The third-order valence-corrected chi connectivity index (χ3v) is 11.7. The number of allylic oxidation sites excluding steroid dienone is 2. The van der Waals surface area contributed by atoms with Crippen LogP contribution in [0.25, 0.3) is 0 Å². The lowest BCUT2D eigenvalue weighted by atomic mass is 10.0. The van der Waals surface area contributed by atoms with E-state index in [-0.39, 0.29) is 36.2 Å². The molecule has 0 saturated heterocycles. The number of nitrogens with zero attached hydrogens (tertiary/aromatic N) is 1. The maximum absolute atomic E-state index is 12.8. The Bertz CT molecular complexity index is 978. The van der Waals surface area contributed by atoms with E-state index in [9.17, 15) is 19.5 Å². The van der Waals surface area contributed by atoms with Crippen LogP contribution < -0.4 is 0 Å². The molecule has 8 nitrogen and oxygen atoms in total. The zero-order chi connectivity index (χ0) is 43.5. The second-order valence-corrected chi connectivity index (χ2v) is 18.4. The Morgan fingerprint density at radius 2 is 0.847 bits per heavy atom. The van der Waals surface area contributed by atoms with Gasteiger partial charge in [-0.05, 0) is 38.5 Å². The number of carboxylic acid groups (broad SMARTS) is 1. The molecule has 0 rings (SSSR count). The number of aliphatic carboxylic acids is 1. The summed E-state index contributed by atoms with van der Waals surface area (Å²) in [6.45, 7) is 4.77. The molecule has 8 heteroatoms. The summed E-state index contributed by atoms with van der Waals surface area (Å²) in [6, 6.07) is -0.612. The van der Waals surface area contributed by atoms with Crippen LogP contribution >= 0.6 is 0 Å². The van der Waals surface area contributed by atoms with Gasteiger partial charge >= 0.3 is 17.9 Å². The van der Waals surface area contributed by atoms with Crippen molar-refractivity contribution in [1.82, 2.24) is 0 Å². The minimum Gasteiger partial charge on any atom is -0.477 e. The summed E-state index contributed by atoms with van der Waals surface area (Å²) in [5.41, 5.74) is 0. The van der Waals surface area contributed by atoms with Gasteiger partial charge in [0.25, 0.3) is 0 Å². The van der Waals surface area contributed by atoms with Crippen LogP contribution in [0.4, 0.5) is 0 Å². The van der Waals surface area contributed by atoms with Gasteiger partial charge in [-0.3, -0.25) is 9.59 Å². The lowest BCUT2D eigenvalue weighted by Crippen LogP contribution is -2.50. The standard InChI is InChI=1S/C51H97NO7/c1-6-8-10-12-14-16-18-20-22-24-25-26-28-29-31-33-35-37-39-41-49(53)58-46-47(45-57-44-43-48(51(55)56)52(3,4)5)59-50(54)42-40-38-36-34-32-30-27-23-21-19-17-15-13-11-9-7-2/h23,27,47-48H,6-22,24-26,28-46H2,1-5H3/p+1/b27-23+. The van der Waals surface area contributed by atoms with Gasteiger partial charge in [0.1, 0.15) is 6.61 Å². The molecule has 59 heavy (non-hydrogen) atoms. The summed E-state index contributed by atoms with van der Waals surface area (Å²) < 4.78 is 17.3. The van der Waals surface area contributed by atoms with E-state index in [2.05, 4.69) is 26.0 Å². The number of likely N-dealkylation sites (N-methyl/N-ethyl adjacent to an activating group) is 1. The van der Waals surface area contributed by atoms with Gasteiger partial charge in [0, 0.05) is 19.3 Å². The molecule has 0 aromatic heterocycles. The van der Waals surface area contributed by atoms with Gasteiger partial charge in [-0.2, -0.15) is 0 Å². The van der Waals surface area contributed by atoms with Crippen LogP contribution in [0.3, 0.4) is 0 Å². The predicted octanol–water partition coefficient (Wildman–Crippen LogP) is 14.3. The number of carboxylic acids is 1. The minimum absolute atomic E-state index is 0.0478. The van der Waals surface area contributed by atoms with Crippen LogP contribution in [0.5, 0.6) is 0 Å². The van der Waals surface area contributed by atoms with Crippen molar-refractivity contribution in [1.29, 1.82) is 0 Å². The van der Waals surface area contributed by atoms with Crippen molar-refractivity contribution < 1.29 is 38.2 Å². The zero-order valence-electron chi connectivity index (χ0n) is 39.7. The first-order valence-electron chi connectivity index (χ1n) is 25.2. The fourth-order valence-electron chi connectivity index (χ4n) is 7.74. The minimum atomic E-state index is -0.872. The SMILES string of the molecule is CCCCCCCCC/C=C/CCCCCCCC(=O)OC(COCCC(C(=O)O)[N+](C)(C)C)COC(=O)CCCCCCCCCCCCCCCCCCCCC. The van der Waals surface area contributed by atoms with Crippen LogP contribution in [0, 0.1) is 0 Å². The number of hydrogen-bond donors (Lipinski definition) is 1. The average molecular weight is 837 g/mol. The number of carbonyl (C=O) groups is 3. The maximum Gasteiger partial charge on any atom is 0.362 e. The first-order chi connectivity index (χ1) is 28.6. The fraction of sp³-hybridized carbons (Fsp3) is 0.902. The first-order valence-corrected chi connectivity index (χ1v) is 25.2. The lowest BCUT2D eigenvalue weighted by Gasteiger charge is -2.31. The Morgan fingerprint density at radius 3 is 1.22 bits per heavy atom. The molecule has 1 N–H and O–H groups in total. The van der Waals surface area contributed by atoms with Gasteiger partial charge < -0.3 is 23.8 Å². The first kappa shape index (κ1) is 57.1. The molecule has 2 atom stereocenters. The van der Waals surface area contributed by atoms with Crippen molar-refractivity contribution in [3.05, 3.63) is 12.2 Å². The Balaban J connectivity index is 4.22. The molecule has 0 aromatic carbocycles. The van der Waals surface area contributed by atoms with E-state index in [1.807, 2.05) is 21.1 Å². The van der Waals surface area contributed by atoms with Crippen LogP contribution in [0.15, 0.2) is 12.2 Å². The Labute approximate surface area is 365 Å². The van der Waals surface area contributed by atoms with Crippen LogP contribution in [-0.2, 0) is 28.6 Å². The molecule has 0 aromatic rings. The summed E-state index contributed by atoms with van der Waals surface area (Å²) in [5.74, 6) is -1.46. The third kappa shape index (κ3) is 41.2. The largest absolute Gasteiger partial charge is 0.477 e. The van der Waals surface area contributed by atoms with Crippen LogP contribution in [-0.4, -0.2) is 80.6 Å². The lowest BCUT2D eigenvalue weighted by molar-refractivity contribution is -0.887. The van der Waals surface area contributed by atoms with E-state index in [0.717, 1.165) is 51.4 Å². The predicted molar refractivity (Wildman–Crippen MR) is 248 cm³/mol. The number of unbranched alkanes of at least 4 members (excludes halogenated alkanes) is 30. The van der Waals surface area contributed by atoms with Crippen molar-refractivity contribution in [2.45, 2.75) is 257 Å². The number of quaternary nitrogens is 1. The molecule has 0 amide bonds. The molecule has 0 saturated carbocycles. The van der Waals surface area contributed by atoms with Gasteiger partial charge in [0.15, 0.2) is 12.1 Å². The summed E-state index contributed by atoms with van der Waals surface area (Å²) in [6.07, 6.45) is 46.8. The zero-order valence-corrected chi connectivity index (χ0v) is 39.7. The quantitative estimate of drug-likeness (QED) is 0.0282. The van der Waals surface area contributed by atoms with E-state index in [1.54, 1.807) is 0 Å². The monoisotopic (exact) mass is 837 g/mol. The topological polar surface area (TPSA) is 99.1 Å². The fourth-order valence-corrected chi connectivity index (χ4v) is 7.74. The highest BCUT2D eigenvalue weighted by Gasteiger charge is 2.31. The molecule has 0 spiro atoms. The van der Waals surface area contributed by atoms with E-state index >= 15 is 0 Å². The van der Waals surface area contributed by atoms with Gasteiger partial charge in [-0.1, -0.05) is 199 Å². The van der Waals surface area contributed by atoms with Crippen molar-refractivity contribution in [3.63, 3.8) is 0 Å². The van der Waals surface area contributed by atoms with E-state index in [4.69, 9.17) is 14.2 Å². The van der Waals surface area contributed by atoms with E-state index in [0.29, 0.717) is 19.3 Å². The number of rotatable bonds is 46. The molecular formula is C51H98NO7+. The third-order valence-electron chi connectivity index (χ3n) is 11.7. The highest BCUT2D eigenvalue weighted by atomic mass is 16.6. The van der Waals surface area contributed by atoms with Crippen molar-refractivity contribution in [2.24, 2.45) is 0 Å². The molecule has 0 aliphatic rings. The number of carbonyl (C=O) groups excluding carboxylic acids is 2. The van der Waals surface area contributed by atoms with Crippen molar-refractivity contribution >= 4 is 17.9 Å². The summed E-state index contributed by atoms with van der Waals surface area (Å²) >= 11 is 0. The van der Waals surface area contributed by atoms with Crippen LogP contribution in [0.1, 0.15) is 245 Å². The van der Waals surface area contributed by atoms with Gasteiger partial charge in [-0.25, -0.2) is 4.79 Å². The number of ether oxygens (including phenoxy) is 3. The van der Waals surface area contributed by atoms with Gasteiger partial charge in [0.05, 0.1) is 34.4 Å². The summed E-state index contributed by atoms with van der Waals surface area (Å²) in [4.78, 5) is 37.1. The Hall–Kier alpha value is -1.93. The van der Waals surface area contributed by atoms with Crippen molar-refractivity contribution in [2.75, 3.05) is 41.0 Å². The van der Waals surface area contributed by atoms with E-state index in [1.165, 1.54) is 161 Å². The van der Waals surface area contributed by atoms with E-state index < -0.39 is 18.1 Å². The average Bonchev–Trinajstić information content (AvgIpc) is 3.19. The Kier molecular flexibility index (Phi) is 41.3. The second kappa shape index (κ2) is 42.7. The highest BCUT2D eigenvalue weighted by Crippen LogP contribution is 2.16. The molecule has 0 aliphatic carbocycles. The smallest absolute Gasteiger partial charge is 0.362 e. The second-order valence-electron chi connectivity index (χ2n) is 18.4. The normalized spacial score (nSPS) is 12.9. The summed E-state index contributed by atoms with van der Waals surface area (Å²) in [5, 5.41) is 9.64. The summed E-state index contributed by atoms with van der Waals surface area (Å²) in [7, 11) is 5.54. The maximum atomic E-state index is 12.8. The van der Waals surface area contributed by atoms with Gasteiger partial charge in [-0.15, -0.1) is 0 Å². The molecule has 348 valence electrons. The molecule has 0 fully saturated rings. The van der Waals surface area contributed by atoms with Crippen molar-refractivity contribution in [3.8, 4) is 0 Å². The molecule has 0 bridgehead atoms. The number of esters is 2. The number of hydrogen-bond acceptors (Lipinski definition) is 6. The molecule has 0 heterocycles. The molecule has 2 unspecified atom stereocenters. The van der Waals surface area contributed by atoms with Crippen LogP contribution in [0.2, 0.25) is 0 Å². The van der Waals surface area contributed by atoms with Gasteiger partial charge in [0.2, 0.25) is 0 Å². The molecule has 0 radical (unpaired) electrons. The Morgan fingerprint density at radius 1 is 0.492 bits per heavy atom. The molecular weight excluding hydrogens is 739 g/mol. The molecule has 0 aliphatic heterocycles.